The van der Waals surface area contributed by atoms with Crippen molar-refractivity contribution in [1.82, 2.24) is 10.6 Å². The Bertz CT molecular complexity index is 817. The molecule has 0 aromatic heterocycles. The number of hydrogen-bond acceptors (Lipinski definition) is 4. The predicted molar refractivity (Wildman–Crippen MR) is 128 cm³/mol. The summed E-state index contributed by atoms with van der Waals surface area (Å²) in [6.07, 6.45) is 2.72. The SMILES string of the molecule is Cc1cc(C(C)(C)c2cc(C)c(OC3CCNC3)c(C)c2)cc(C)c1OC1CCNC1. The van der Waals surface area contributed by atoms with E-state index >= 15 is 0 Å². The molecule has 2 aliphatic rings. The summed E-state index contributed by atoms with van der Waals surface area (Å²) in [7, 11) is 0. The van der Waals surface area contributed by atoms with E-state index in [1.807, 2.05) is 0 Å². The maximum atomic E-state index is 6.34. The Morgan fingerprint density at radius 3 is 1.32 bits per heavy atom. The fraction of sp³-hybridized carbons (Fsp3) is 0.556. The summed E-state index contributed by atoms with van der Waals surface area (Å²) < 4.78 is 12.7. The van der Waals surface area contributed by atoms with Crippen LogP contribution in [0.15, 0.2) is 24.3 Å². The lowest BCUT2D eigenvalue weighted by Crippen LogP contribution is -2.23. The van der Waals surface area contributed by atoms with Gasteiger partial charge in [0.1, 0.15) is 23.7 Å². The Balaban J connectivity index is 1.61. The van der Waals surface area contributed by atoms with Crippen molar-refractivity contribution in [3.05, 3.63) is 57.6 Å². The molecule has 2 aromatic rings. The van der Waals surface area contributed by atoms with Crippen LogP contribution >= 0.6 is 0 Å². The maximum absolute atomic E-state index is 6.34. The first kappa shape index (κ1) is 22.2. The van der Waals surface area contributed by atoms with E-state index in [9.17, 15) is 0 Å². The van der Waals surface area contributed by atoms with Gasteiger partial charge in [-0.05, 0) is 87.0 Å². The summed E-state index contributed by atoms with van der Waals surface area (Å²) in [5.41, 5.74) is 7.42. The van der Waals surface area contributed by atoms with Gasteiger partial charge in [-0.2, -0.15) is 0 Å². The molecule has 0 bridgehead atoms. The fourth-order valence-corrected chi connectivity index (χ4v) is 4.95. The van der Waals surface area contributed by atoms with Crippen LogP contribution in [-0.4, -0.2) is 38.4 Å². The minimum absolute atomic E-state index is 0.105. The number of rotatable bonds is 6. The first-order valence-electron chi connectivity index (χ1n) is 11.7. The number of benzene rings is 2. The molecule has 168 valence electrons. The lowest BCUT2D eigenvalue weighted by atomic mass is 9.76. The quantitative estimate of drug-likeness (QED) is 0.706. The maximum Gasteiger partial charge on any atom is 0.125 e. The van der Waals surface area contributed by atoms with E-state index in [1.54, 1.807) is 0 Å². The molecule has 2 aromatic carbocycles. The second-order valence-corrected chi connectivity index (χ2v) is 9.97. The van der Waals surface area contributed by atoms with E-state index in [1.165, 1.54) is 33.4 Å². The number of nitrogens with one attached hydrogen (secondary N) is 2. The Labute approximate surface area is 187 Å². The summed E-state index contributed by atoms with van der Waals surface area (Å²) >= 11 is 0. The molecule has 0 amide bonds. The highest BCUT2D eigenvalue weighted by Crippen LogP contribution is 2.39. The smallest absolute Gasteiger partial charge is 0.125 e. The van der Waals surface area contributed by atoms with E-state index in [0.29, 0.717) is 0 Å². The first-order chi connectivity index (χ1) is 14.8. The Morgan fingerprint density at radius 2 is 1.03 bits per heavy atom. The van der Waals surface area contributed by atoms with Crippen molar-refractivity contribution in [3.8, 4) is 11.5 Å². The molecule has 0 aliphatic carbocycles. The van der Waals surface area contributed by atoms with Crippen molar-refractivity contribution >= 4 is 0 Å². The van der Waals surface area contributed by atoms with E-state index < -0.39 is 0 Å². The highest BCUT2D eigenvalue weighted by molar-refractivity contribution is 5.52. The van der Waals surface area contributed by atoms with Crippen LogP contribution < -0.4 is 20.1 Å². The first-order valence-corrected chi connectivity index (χ1v) is 11.7. The lowest BCUT2D eigenvalue weighted by Gasteiger charge is -2.30. The van der Waals surface area contributed by atoms with E-state index in [-0.39, 0.29) is 17.6 Å². The summed E-state index contributed by atoms with van der Waals surface area (Å²) in [6, 6.07) is 9.24. The Kier molecular flexibility index (Phi) is 6.32. The van der Waals surface area contributed by atoms with Crippen molar-refractivity contribution in [2.75, 3.05) is 26.2 Å². The number of hydrogen-bond donors (Lipinski definition) is 2. The van der Waals surface area contributed by atoms with E-state index in [4.69, 9.17) is 9.47 Å². The van der Waals surface area contributed by atoms with Gasteiger partial charge in [-0.15, -0.1) is 0 Å². The molecule has 2 fully saturated rings. The molecule has 0 saturated carbocycles. The summed E-state index contributed by atoms with van der Waals surface area (Å²) in [5.74, 6) is 2.10. The fourth-order valence-electron chi connectivity index (χ4n) is 4.95. The summed E-state index contributed by atoms with van der Waals surface area (Å²) in [4.78, 5) is 0. The molecule has 2 atom stereocenters. The van der Waals surface area contributed by atoms with Crippen molar-refractivity contribution in [2.24, 2.45) is 0 Å². The van der Waals surface area contributed by atoms with Crippen molar-refractivity contribution in [2.45, 2.75) is 72.0 Å². The molecule has 2 N–H and O–H groups in total. The topological polar surface area (TPSA) is 42.5 Å². The van der Waals surface area contributed by atoms with Gasteiger partial charge in [0.15, 0.2) is 0 Å². The Hall–Kier alpha value is -2.04. The van der Waals surface area contributed by atoms with Gasteiger partial charge in [-0.25, -0.2) is 0 Å². The molecule has 2 heterocycles. The molecular weight excluding hydrogens is 384 g/mol. The van der Waals surface area contributed by atoms with Crippen LogP contribution in [-0.2, 0) is 5.41 Å². The molecule has 4 heteroatoms. The van der Waals surface area contributed by atoms with Gasteiger partial charge in [0, 0.05) is 18.5 Å². The second-order valence-electron chi connectivity index (χ2n) is 9.97. The van der Waals surface area contributed by atoms with Crippen molar-refractivity contribution in [3.63, 3.8) is 0 Å². The standard InChI is InChI=1S/C27H38N2O2/c1-17-11-21(12-18(2)25(17)30-23-7-9-28-15-23)27(5,6)22-13-19(3)26(20(4)14-22)31-24-8-10-29-16-24/h11-14,23-24,28-29H,7-10,15-16H2,1-6H3. The molecule has 0 radical (unpaired) electrons. The molecule has 2 saturated heterocycles. The minimum Gasteiger partial charge on any atom is -0.489 e. The molecule has 4 rings (SSSR count). The monoisotopic (exact) mass is 422 g/mol. The molecule has 31 heavy (non-hydrogen) atoms. The van der Waals surface area contributed by atoms with E-state index in [0.717, 1.165) is 50.5 Å². The second kappa shape index (κ2) is 8.84. The zero-order valence-corrected chi connectivity index (χ0v) is 20.0. The largest absolute Gasteiger partial charge is 0.489 e. The molecule has 2 unspecified atom stereocenters. The lowest BCUT2D eigenvalue weighted by molar-refractivity contribution is 0.220. The molecular formula is C27H38N2O2. The summed E-state index contributed by atoms with van der Waals surface area (Å²) in [6.45, 7) is 17.3. The van der Waals surface area contributed by atoms with Crippen LogP contribution in [0.5, 0.6) is 11.5 Å². The zero-order chi connectivity index (χ0) is 22.2. The third-order valence-corrected chi connectivity index (χ3v) is 6.96. The highest BCUT2D eigenvalue weighted by Gasteiger charge is 2.28. The average molecular weight is 423 g/mol. The van der Waals surface area contributed by atoms with Crippen molar-refractivity contribution in [1.29, 1.82) is 0 Å². The summed E-state index contributed by atoms with van der Waals surface area (Å²) in [5, 5.41) is 6.78. The Morgan fingerprint density at radius 1 is 0.677 bits per heavy atom. The third-order valence-electron chi connectivity index (χ3n) is 6.96. The van der Waals surface area contributed by atoms with Gasteiger partial charge in [-0.1, -0.05) is 38.1 Å². The number of aryl methyl sites for hydroxylation is 4. The van der Waals surface area contributed by atoms with Crippen LogP contribution in [0.25, 0.3) is 0 Å². The average Bonchev–Trinajstić information content (AvgIpc) is 3.41. The molecule has 2 aliphatic heterocycles. The van der Waals surface area contributed by atoms with Crippen LogP contribution in [0, 0.1) is 27.7 Å². The van der Waals surface area contributed by atoms with Gasteiger partial charge < -0.3 is 20.1 Å². The normalized spacial score (nSPS) is 21.5. The van der Waals surface area contributed by atoms with Crippen molar-refractivity contribution < 1.29 is 9.47 Å². The van der Waals surface area contributed by atoms with Crippen LogP contribution in [0.4, 0.5) is 0 Å². The number of ether oxygens (including phenoxy) is 2. The molecule has 0 spiro atoms. The van der Waals surface area contributed by atoms with Gasteiger partial charge in [0.05, 0.1) is 0 Å². The van der Waals surface area contributed by atoms with Gasteiger partial charge in [-0.3, -0.25) is 0 Å². The van der Waals surface area contributed by atoms with Gasteiger partial charge in [0.25, 0.3) is 0 Å². The zero-order valence-electron chi connectivity index (χ0n) is 20.0. The van der Waals surface area contributed by atoms with Gasteiger partial charge in [0.2, 0.25) is 0 Å². The van der Waals surface area contributed by atoms with Crippen LogP contribution in [0.2, 0.25) is 0 Å². The molecule has 4 nitrogen and oxygen atoms in total. The predicted octanol–water partition coefficient (Wildman–Crippen LogP) is 4.73. The van der Waals surface area contributed by atoms with E-state index in [2.05, 4.69) is 76.4 Å². The highest BCUT2D eigenvalue weighted by atomic mass is 16.5. The third kappa shape index (κ3) is 4.61. The van der Waals surface area contributed by atoms with Crippen LogP contribution in [0.3, 0.4) is 0 Å². The van der Waals surface area contributed by atoms with Crippen LogP contribution in [0.1, 0.15) is 60.1 Å². The minimum atomic E-state index is -0.105. The van der Waals surface area contributed by atoms with Gasteiger partial charge >= 0.3 is 0 Å².